The number of rotatable bonds is 3. The Labute approximate surface area is 139 Å². The minimum Gasteiger partial charge on any atom is -0.506 e. The van der Waals surface area contributed by atoms with Crippen LogP contribution in [0.25, 0.3) is 10.9 Å². The van der Waals surface area contributed by atoms with Gasteiger partial charge in [0.05, 0.1) is 11.6 Å². The lowest BCUT2D eigenvalue weighted by molar-refractivity contribution is 0.0854. The van der Waals surface area contributed by atoms with Crippen molar-refractivity contribution in [3.63, 3.8) is 0 Å². The molecule has 4 rings (SSSR count). The van der Waals surface area contributed by atoms with Gasteiger partial charge in [0.15, 0.2) is 0 Å². The van der Waals surface area contributed by atoms with Gasteiger partial charge < -0.3 is 19.7 Å². The number of hydrogen-bond donors (Lipinski definition) is 2. The summed E-state index contributed by atoms with van der Waals surface area (Å²) in [5.41, 5.74) is 1.16. The number of pyridine rings is 1. The minimum absolute atomic E-state index is 0.0139. The smallest absolute Gasteiger partial charge is 0.267 e. The summed E-state index contributed by atoms with van der Waals surface area (Å²) >= 11 is 0. The summed E-state index contributed by atoms with van der Waals surface area (Å²) in [4.78, 5) is 25.4. The highest BCUT2D eigenvalue weighted by atomic mass is 16.5. The number of nitrogens with zero attached hydrogens (tertiary/aromatic N) is 1. The molecule has 1 fully saturated rings. The van der Waals surface area contributed by atoms with Crippen LogP contribution in [0, 0.1) is 0 Å². The third-order valence-electron chi connectivity index (χ3n) is 4.98. The second-order valence-corrected chi connectivity index (χ2v) is 6.61. The fourth-order valence-corrected chi connectivity index (χ4v) is 3.82. The standard InChI is InChI=1S/C18H20N2O4/c1-10-8-11-4-2-6-13-15(11)20(10)18(23)14(16(13)21)17(22)19-9-12-5-3-7-24-12/h2,4,6,10,12,21H,3,5,7-9H2,1H3,(H,19,22)/t10-,12+/m1/s1. The van der Waals surface area contributed by atoms with Crippen LogP contribution in [-0.2, 0) is 11.2 Å². The van der Waals surface area contributed by atoms with Crippen molar-refractivity contribution in [2.24, 2.45) is 0 Å². The molecule has 2 aliphatic rings. The Balaban J connectivity index is 1.76. The maximum absolute atomic E-state index is 12.8. The van der Waals surface area contributed by atoms with Gasteiger partial charge >= 0.3 is 0 Å². The molecular formula is C18H20N2O4. The fourth-order valence-electron chi connectivity index (χ4n) is 3.82. The van der Waals surface area contributed by atoms with Crippen molar-refractivity contribution in [2.75, 3.05) is 13.2 Å². The quantitative estimate of drug-likeness (QED) is 0.899. The average molecular weight is 328 g/mol. The van der Waals surface area contributed by atoms with Crippen molar-refractivity contribution < 1.29 is 14.6 Å². The van der Waals surface area contributed by atoms with Crippen molar-refractivity contribution in [3.05, 3.63) is 39.7 Å². The number of ether oxygens (including phenoxy) is 1. The molecule has 0 radical (unpaired) electrons. The van der Waals surface area contributed by atoms with Crippen LogP contribution >= 0.6 is 0 Å². The van der Waals surface area contributed by atoms with Crippen LogP contribution in [-0.4, -0.2) is 34.8 Å². The SMILES string of the molecule is C[C@@H]1Cc2cccc3c(O)c(C(=O)NC[C@@H]4CCCO4)c(=O)n1c23. The number of hydrogen-bond acceptors (Lipinski definition) is 4. The van der Waals surface area contributed by atoms with E-state index in [1.165, 1.54) is 0 Å². The van der Waals surface area contributed by atoms with Crippen molar-refractivity contribution in [1.82, 2.24) is 9.88 Å². The second kappa shape index (κ2) is 5.63. The Morgan fingerprint density at radius 3 is 3.04 bits per heavy atom. The molecule has 2 aromatic rings. The molecule has 1 aromatic heterocycles. The van der Waals surface area contributed by atoms with Gasteiger partial charge in [0, 0.05) is 24.6 Å². The van der Waals surface area contributed by atoms with Crippen LogP contribution < -0.4 is 10.9 Å². The molecule has 0 aliphatic carbocycles. The van der Waals surface area contributed by atoms with E-state index in [0.29, 0.717) is 18.5 Å². The Bertz CT molecular complexity index is 881. The molecule has 1 amide bonds. The molecule has 3 heterocycles. The number of para-hydroxylation sites is 1. The van der Waals surface area contributed by atoms with E-state index in [-0.39, 0.29) is 23.5 Å². The van der Waals surface area contributed by atoms with Gasteiger partial charge in [0.25, 0.3) is 11.5 Å². The van der Waals surface area contributed by atoms with E-state index >= 15 is 0 Å². The number of carbonyl (C=O) groups excluding carboxylic acids is 1. The fraction of sp³-hybridized carbons (Fsp3) is 0.444. The molecule has 2 N–H and O–H groups in total. The number of aromatic hydroxyl groups is 1. The molecular weight excluding hydrogens is 308 g/mol. The number of aromatic nitrogens is 1. The Morgan fingerprint density at radius 1 is 1.46 bits per heavy atom. The van der Waals surface area contributed by atoms with Crippen LogP contribution in [0.4, 0.5) is 0 Å². The molecule has 6 heteroatoms. The zero-order valence-electron chi connectivity index (χ0n) is 13.5. The van der Waals surface area contributed by atoms with E-state index in [1.54, 1.807) is 10.6 Å². The van der Waals surface area contributed by atoms with E-state index in [0.717, 1.165) is 30.3 Å². The lowest BCUT2D eigenvalue weighted by Gasteiger charge is -2.15. The lowest BCUT2D eigenvalue weighted by atomic mass is 10.1. The van der Waals surface area contributed by atoms with Gasteiger partial charge in [0.1, 0.15) is 11.3 Å². The molecule has 1 aromatic carbocycles. The molecule has 6 nitrogen and oxygen atoms in total. The zero-order valence-corrected chi connectivity index (χ0v) is 13.5. The first kappa shape index (κ1) is 15.2. The Hall–Kier alpha value is -2.34. The third kappa shape index (κ3) is 2.21. The number of nitrogens with one attached hydrogen (secondary N) is 1. The van der Waals surface area contributed by atoms with Gasteiger partial charge in [-0.05, 0) is 37.8 Å². The first-order chi connectivity index (χ1) is 11.6. The normalized spacial score (nSPS) is 22.2. The highest BCUT2D eigenvalue weighted by Crippen LogP contribution is 2.35. The molecule has 0 bridgehead atoms. The molecule has 2 aliphatic heterocycles. The number of carbonyl (C=O) groups is 1. The van der Waals surface area contributed by atoms with E-state index in [1.807, 2.05) is 19.1 Å². The summed E-state index contributed by atoms with van der Waals surface area (Å²) in [6.07, 6.45) is 2.59. The summed E-state index contributed by atoms with van der Waals surface area (Å²) in [7, 11) is 0. The summed E-state index contributed by atoms with van der Waals surface area (Å²) in [5.74, 6) is -0.768. The van der Waals surface area contributed by atoms with Crippen molar-refractivity contribution >= 4 is 16.8 Å². The maximum atomic E-state index is 12.8. The first-order valence-corrected chi connectivity index (χ1v) is 8.36. The highest BCUT2D eigenvalue weighted by molar-refractivity contribution is 6.03. The van der Waals surface area contributed by atoms with E-state index in [2.05, 4.69) is 5.32 Å². The minimum atomic E-state index is -0.539. The molecule has 0 unspecified atom stereocenters. The number of benzene rings is 1. The molecule has 126 valence electrons. The van der Waals surface area contributed by atoms with Gasteiger partial charge in [0.2, 0.25) is 0 Å². The average Bonchev–Trinajstić information content (AvgIpc) is 3.18. The number of amides is 1. The first-order valence-electron chi connectivity index (χ1n) is 8.36. The Morgan fingerprint density at radius 2 is 2.29 bits per heavy atom. The zero-order chi connectivity index (χ0) is 16.8. The summed E-state index contributed by atoms with van der Waals surface area (Å²) < 4.78 is 7.11. The third-order valence-corrected chi connectivity index (χ3v) is 4.98. The second-order valence-electron chi connectivity index (χ2n) is 6.61. The van der Waals surface area contributed by atoms with Crippen LogP contribution in [0.1, 0.15) is 41.7 Å². The van der Waals surface area contributed by atoms with Crippen molar-refractivity contribution in [2.45, 2.75) is 38.3 Å². The van der Waals surface area contributed by atoms with Crippen molar-refractivity contribution in [1.29, 1.82) is 0 Å². The van der Waals surface area contributed by atoms with Crippen LogP contribution in [0.15, 0.2) is 23.0 Å². The van der Waals surface area contributed by atoms with Crippen LogP contribution in [0.3, 0.4) is 0 Å². The molecule has 0 spiro atoms. The predicted octanol–water partition coefficient (Wildman–Crippen LogP) is 1.73. The molecule has 24 heavy (non-hydrogen) atoms. The van der Waals surface area contributed by atoms with Gasteiger partial charge in [-0.1, -0.05) is 12.1 Å². The molecule has 2 atom stereocenters. The highest BCUT2D eigenvalue weighted by Gasteiger charge is 2.29. The van der Waals surface area contributed by atoms with Gasteiger partial charge in [-0.3, -0.25) is 9.59 Å². The largest absolute Gasteiger partial charge is 0.506 e. The summed E-state index contributed by atoms with van der Waals surface area (Å²) in [5, 5.41) is 13.8. The van der Waals surface area contributed by atoms with Gasteiger partial charge in [-0.25, -0.2) is 0 Å². The van der Waals surface area contributed by atoms with E-state index in [9.17, 15) is 14.7 Å². The van der Waals surface area contributed by atoms with E-state index < -0.39 is 11.5 Å². The monoisotopic (exact) mass is 328 g/mol. The topological polar surface area (TPSA) is 80.6 Å². The van der Waals surface area contributed by atoms with Gasteiger partial charge in [-0.2, -0.15) is 0 Å². The summed E-state index contributed by atoms with van der Waals surface area (Å²) in [6, 6.07) is 5.53. The van der Waals surface area contributed by atoms with Gasteiger partial charge in [-0.15, -0.1) is 0 Å². The molecule has 1 saturated heterocycles. The maximum Gasteiger partial charge on any atom is 0.267 e. The lowest BCUT2D eigenvalue weighted by Crippen LogP contribution is -2.37. The van der Waals surface area contributed by atoms with Crippen LogP contribution in [0.5, 0.6) is 5.75 Å². The van der Waals surface area contributed by atoms with Crippen molar-refractivity contribution in [3.8, 4) is 5.75 Å². The van der Waals surface area contributed by atoms with Crippen LogP contribution in [0.2, 0.25) is 0 Å². The van der Waals surface area contributed by atoms with E-state index in [4.69, 9.17) is 4.74 Å². The predicted molar refractivity (Wildman–Crippen MR) is 89.6 cm³/mol. The Kier molecular flexibility index (Phi) is 3.57. The molecule has 0 saturated carbocycles. The summed E-state index contributed by atoms with van der Waals surface area (Å²) in [6.45, 7) is 3.01.